The molecule has 2 aromatic carbocycles. The Morgan fingerprint density at radius 3 is 2.55 bits per heavy atom. The molecule has 3 aromatic rings. The minimum absolute atomic E-state index is 0.0268. The van der Waals surface area contributed by atoms with Crippen LogP contribution in [-0.4, -0.2) is 41.0 Å². The Balaban J connectivity index is 1.36. The van der Waals surface area contributed by atoms with E-state index in [-0.39, 0.29) is 6.61 Å². The van der Waals surface area contributed by atoms with Crippen molar-refractivity contribution in [1.82, 2.24) is 9.78 Å². The molecule has 1 aromatic heterocycles. The van der Waals surface area contributed by atoms with Crippen molar-refractivity contribution in [2.45, 2.75) is 26.9 Å². The van der Waals surface area contributed by atoms with E-state index in [1.807, 2.05) is 51.1 Å². The smallest absolute Gasteiger partial charge is 0.351 e. The van der Waals surface area contributed by atoms with E-state index in [1.165, 1.54) is 0 Å². The molecule has 1 amide bonds. The molecule has 0 fully saturated rings. The van der Waals surface area contributed by atoms with Gasteiger partial charge in [-0.2, -0.15) is 5.10 Å². The van der Waals surface area contributed by atoms with Gasteiger partial charge in [0.05, 0.1) is 22.8 Å². The number of anilines is 1. The van der Waals surface area contributed by atoms with Crippen molar-refractivity contribution in [3.63, 3.8) is 0 Å². The summed E-state index contributed by atoms with van der Waals surface area (Å²) in [6.45, 7) is 5.28. The van der Waals surface area contributed by atoms with Crippen molar-refractivity contribution in [2.24, 2.45) is 0 Å². The summed E-state index contributed by atoms with van der Waals surface area (Å²) in [4.78, 5) is 24.7. The zero-order valence-electron chi connectivity index (χ0n) is 17.5. The van der Waals surface area contributed by atoms with Crippen LogP contribution >= 0.6 is 0 Å². The van der Waals surface area contributed by atoms with E-state index in [0.717, 1.165) is 16.9 Å². The van der Waals surface area contributed by atoms with Gasteiger partial charge in [0.15, 0.2) is 18.1 Å². The molecule has 0 aliphatic carbocycles. The number of aromatic nitrogens is 2. The Morgan fingerprint density at radius 2 is 1.81 bits per heavy atom. The number of nitrogens with zero attached hydrogens (tertiary/aromatic N) is 2. The van der Waals surface area contributed by atoms with Crippen molar-refractivity contribution < 1.29 is 23.8 Å². The summed E-state index contributed by atoms with van der Waals surface area (Å²) >= 11 is 0. The molecule has 0 saturated carbocycles. The second-order valence-corrected chi connectivity index (χ2v) is 7.31. The molecular formula is C23H23N3O5. The molecule has 160 valence electrons. The zero-order chi connectivity index (χ0) is 22.0. The highest BCUT2D eigenvalue weighted by atomic mass is 16.6. The van der Waals surface area contributed by atoms with Gasteiger partial charge in [-0.05, 0) is 45.0 Å². The van der Waals surface area contributed by atoms with Gasteiger partial charge in [0.25, 0.3) is 5.91 Å². The maximum atomic E-state index is 12.4. The van der Waals surface area contributed by atoms with Crippen LogP contribution in [0.1, 0.15) is 17.0 Å². The fourth-order valence-corrected chi connectivity index (χ4v) is 3.30. The molecule has 2 heterocycles. The Hall–Kier alpha value is -3.81. The van der Waals surface area contributed by atoms with Gasteiger partial charge < -0.3 is 19.5 Å². The van der Waals surface area contributed by atoms with Crippen LogP contribution in [-0.2, 0) is 14.3 Å². The number of ether oxygens (including phenoxy) is 3. The van der Waals surface area contributed by atoms with Gasteiger partial charge >= 0.3 is 5.97 Å². The third kappa shape index (κ3) is 4.37. The number of aryl methyl sites for hydroxylation is 2. The maximum Gasteiger partial charge on any atom is 0.351 e. The first-order valence-corrected chi connectivity index (χ1v) is 9.90. The van der Waals surface area contributed by atoms with Gasteiger partial charge in [-0.15, -0.1) is 0 Å². The number of nitrogens with one attached hydrogen (secondary N) is 1. The SMILES string of the molecule is Cc1ccc(-n2nc(C)c(NC(=O)COC(=O)[C@H]3COc4ccccc4O3)c2C)cc1. The van der Waals surface area contributed by atoms with E-state index >= 15 is 0 Å². The van der Waals surface area contributed by atoms with E-state index in [0.29, 0.717) is 22.9 Å². The summed E-state index contributed by atoms with van der Waals surface area (Å²) < 4.78 is 18.0. The van der Waals surface area contributed by atoms with Crippen LogP contribution in [0.5, 0.6) is 11.5 Å². The lowest BCUT2D eigenvalue weighted by Gasteiger charge is -2.24. The first-order chi connectivity index (χ1) is 14.9. The number of rotatable bonds is 5. The number of carbonyl (C=O) groups is 2. The summed E-state index contributed by atoms with van der Waals surface area (Å²) in [5.41, 5.74) is 4.08. The lowest BCUT2D eigenvalue weighted by molar-refractivity contribution is -0.156. The van der Waals surface area contributed by atoms with Crippen LogP contribution in [0.25, 0.3) is 5.69 Å². The van der Waals surface area contributed by atoms with Gasteiger partial charge in [-0.25, -0.2) is 9.48 Å². The molecule has 1 N–H and O–H groups in total. The molecule has 0 saturated heterocycles. The summed E-state index contributed by atoms with van der Waals surface area (Å²) in [7, 11) is 0. The van der Waals surface area contributed by atoms with Crippen LogP contribution in [0, 0.1) is 20.8 Å². The van der Waals surface area contributed by atoms with Gasteiger partial charge in [0, 0.05) is 0 Å². The van der Waals surface area contributed by atoms with Crippen LogP contribution < -0.4 is 14.8 Å². The second-order valence-electron chi connectivity index (χ2n) is 7.31. The number of amides is 1. The molecule has 0 unspecified atom stereocenters. The molecule has 0 bridgehead atoms. The summed E-state index contributed by atoms with van der Waals surface area (Å²) in [5, 5.41) is 7.29. The molecule has 1 aliphatic rings. The van der Waals surface area contributed by atoms with Gasteiger partial charge in [-0.3, -0.25) is 4.79 Å². The van der Waals surface area contributed by atoms with E-state index in [2.05, 4.69) is 10.4 Å². The molecule has 1 aliphatic heterocycles. The third-order valence-electron chi connectivity index (χ3n) is 4.95. The number of hydrogen-bond acceptors (Lipinski definition) is 6. The summed E-state index contributed by atoms with van der Waals surface area (Å²) in [6, 6.07) is 15.0. The average molecular weight is 421 g/mol. The second kappa shape index (κ2) is 8.51. The number of para-hydroxylation sites is 2. The number of esters is 1. The molecule has 1 atom stereocenters. The molecule has 31 heavy (non-hydrogen) atoms. The Bertz CT molecular complexity index is 1120. The van der Waals surface area contributed by atoms with Crippen molar-refractivity contribution in [3.05, 3.63) is 65.5 Å². The van der Waals surface area contributed by atoms with E-state index in [1.54, 1.807) is 22.9 Å². The summed E-state index contributed by atoms with van der Waals surface area (Å²) in [6.07, 6.45) is -0.921. The van der Waals surface area contributed by atoms with Gasteiger partial charge in [0.2, 0.25) is 6.10 Å². The van der Waals surface area contributed by atoms with Crippen LogP contribution in [0.15, 0.2) is 48.5 Å². The molecule has 8 heteroatoms. The Kier molecular flexibility index (Phi) is 5.62. The van der Waals surface area contributed by atoms with Gasteiger partial charge in [-0.1, -0.05) is 29.8 Å². The normalized spacial score (nSPS) is 14.7. The molecule has 0 spiro atoms. The lowest BCUT2D eigenvalue weighted by Crippen LogP contribution is -2.39. The fourth-order valence-electron chi connectivity index (χ4n) is 3.30. The first-order valence-electron chi connectivity index (χ1n) is 9.90. The van der Waals surface area contributed by atoms with Crippen molar-refractivity contribution in [3.8, 4) is 17.2 Å². The average Bonchev–Trinajstić information content (AvgIpc) is 3.06. The van der Waals surface area contributed by atoms with E-state index in [9.17, 15) is 9.59 Å². The molecular weight excluding hydrogens is 398 g/mol. The standard InChI is InChI=1S/C23H23N3O5/c1-14-8-10-17(11-9-14)26-16(3)22(15(2)25-26)24-21(27)13-30-23(28)20-12-29-18-6-4-5-7-19(18)31-20/h4-11,20H,12-13H2,1-3H3,(H,24,27)/t20-/m1/s1. The first kappa shape index (κ1) is 20.5. The maximum absolute atomic E-state index is 12.4. The Morgan fingerprint density at radius 1 is 1.10 bits per heavy atom. The van der Waals surface area contributed by atoms with Crippen molar-refractivity contribution in [2.75, 3.05) is 18.5 Å². The highest BCUT2D eigenvalue weighted by molar-refractivity contribution is 5.94. The number of benzene rings is 2. The number of carbonyl (C=O) groups excluding carboxylic acids is 2. The Labute approximate surface area is 179 Å². The van der Waals surface area contributed by atoms with Crippen LogP contribution in [0.2, 0.25) is 0 Å². The number of hydrogen-bond donors (Lipinski definition) is 1. The fraction of sp³-hybridized carbons (Fsp3) is 0.261. The van der Waals surface area contributed by atoms with E-state index < -0.39 is 24.6 Å². The van der Waals surface area contributed by atoms with Crippen molar-refractivity contribution in [1.29, 1.82) is 0 Å². The minimum Gasteiger partial charge on any atom is -0.485 e. The lowest BCUT2D eigenvalue weighted by atomic mass is 10.2. The largest absolute Gasteiger partial charge is 0.485 e. The highest BCUT2D eigenvalue weighted by Gasteiger charge is 2.29. The minimum atomic E-state index is -0.921. The molecule has 0 radical (unpaired) electrons. The zero-order valence-corrected chi connectivity index (χ0v) is 17.5. The predicted molar refractivity (Wildman–Crippen MR) is 114 cm³/mol. The topological polar surface area (TPSA) is 91.7 Å². The quantitative estimate of drug-likeness (QED) is 0.637. The monoisotopic (exact) mass is 421 g/mol. The molecule has 4 rings (SSSR count). The van der Waals surface area contributed by atoms with Crippen molar-refractivity contribution >= 4 is 17.6 Å². The van der Waals surface area contributed by atoms with E-state index in [4.69, 9.17) is 14.2 Å². The molecule has 8 nitrogen and oxygen atoms in total. The highest BCUT2D eigenvalue weighted by Crippen LogP contribution is 2.31. The van der Waals surface area contributed by atoms with Crippen LogP contribution in [0.3, 0.4) is 0 Å². The summed E-state index contributed by atoms with van der Waals surface area (Å²) in [5.74, 6) is -0.0793. The van der Waals surface area contributed by atoms with Gasteiger partial charge in [0.1, 0.15) is 6.61 Å². The third-order valence-corrected chi connectivity index (χ3v) is 4.95. The van der Waals surface area contributed by atoms with Crippen LogP contribution in [0.4, 0.5) is 5.69 Å². The number of fused-ring (bicyclic) bond motifs is 1. The predicted octanol–water partition coefficient (Wildman–Crippen LogP) is 3.12.